The number of nitrogens with zero attached hydrogens (tertiary/aromatic N) is 2. The molecule has 0 bridgehead atoms. The smallest absolute Gasteiger partial charge is 0.246 e. The number of alkyl halides is 1. The van der Waals surface area contributed by atoms with Crippen molar-refractivity contribution in [1.82, 2.24) is 9.29 Å². The zero-order valence-electron chi connectivity index (χ0n) is 10.5. The van der Waals surface area contributed by atoms with Gasteiger partial charge in [-0.05, 0) is 6.92 Å². The highest BCUT2D eigenvalue weighted by molar-refractivity contribution is 7.89. The van der Waals surface area contributed by atoms with Crippen LogP contribution in [-0.2, 0) is 22.4 Å². The molecule has 0 unspecified atom stereocenters. The van der Waals surface area contributed by atoms with E-state index in [0.717, 1.165) is 5.69 Å². The van der Waals surface area contributed by atoms with Crippen LogP contribution in [0.2, 0.25) is 0 Å². The van der Waals surface area contributed by atoms with Crippen molar-refractivity contribution in [2.24, 2.45) is 0 Å². The molecule has 0 radical (unpaired) electrons. The van der Waals surface area contributed by atoms with Gasteiger partial charge < -0.3 is 4.42 Å². The van der Waals surface area contributed by atoms with Crippen LogP contribution in [-0.4, -0.2) is 24.8 Å². The van der Waals surface area contributed by atoms with E-state index in [0.29, 0.717) is 11.5 Å². The molecular formula is C11H13ClN2O3S2. The molecule has 0 saturated carbocycles. The lowest BCUT2D eigenvalue weighted by molar-refractivity contribution is 0.456. The summed E-state index contributed by atoms with van der Waals surface area (Å²) in [5.41, 5.74) is 2.39. The number of hydrogen-bond donors (Lipinski definition) is 0. The molecule has 0 fully saturated rings. The molecule has 0 N–H and O–H groups in total. The summed E-state index contributed by atoms with van der Waals surface area (Å²) in [5, 5.41) is 1.82. The second kappa shape index (κ2) is 5.62. The first-order valence-electron chi connectivity index (χ1n) is 5.44. The molecule has 2 heterocycles. The van der Waals surface area contributed by atoms with Gasteiger partial charge in [0.05, 0.1) is 23.6 Å². The second-order valence-corrected chi connectivity index (χ2v) is 7.01. The zero-order chi connectivity index (χ0) is 14.0. The fourth-order valence-electron chi connectivity index (χ4n) is 1.64. The predicted octanol–water partition coefficient (Wildman–Crippen LogP) is 2.60. The summed E-state index contributed by atoms with van der Waals surface area (Å²) in [6.07, 6.45) is 0. The number of thiazole rings is 1. The molecule has 0 spiro atoms. The van der Waals surface area contributed by atoms with Crippen LogP contribution in [0.4, 0.5) is 0 Å². The Morgan fingerprint density at radius 2 is 2.26 bits per heavy atom. The fourth-order valence-corrected chi connectivity index (χ4v) is 3.65. The SMILES string of the molecule is Cc1oc(CCl)cc1S(=O)(=O)N(C)Cc1cscn1. The van der Waals surface area contributed by atoms with E-state index in [1.54, 1.807) is 12.4 Å². The minimum Gasteiger partial charge on any atom is -0.464 e. The van der Waals surface area contributed by atoms with Gasteiger partial charge in [-0.2, -0.15) is 4.31 Å². The molecule has 0 aliphatic carbocycles. The molecule has 0 atom stereocenters. The molecule has 0 aliphatic rings. The third-order valence-corrected chi connectivity index (χ3v) is 5.42. The topological polar surface area (TPSA) is 63.4 Å². The normalized spacial score (nSPS) is 12.2. The highest BCUT2D eigenvalue weighted by Gasteiger charge is 2.26. The summed E-state index contributed by atoms with van der Waals surface area (Å²) < 4.78 is 31.3. The van der Waals surface area contributed by atoms with E-state index in [-0.39, 0.29) is 17.3 Å². The fraction of sp³-hybridized carbons (Fsp3) is 0.364. The lowest BCUT2D eigenvalue weighted by Gasteiger charge is -2.15. The molecule has 0 aromatic carbocycles. The molecule has 0 amide bonds. The number of furan rings is 1. The van der Waals surface area contributed by atoms with Crippen molar-refractivity contribution in [3.63, 3.8) is 0 Å². The third-order valence-electron chi connectivity index (χ3n) is 2.61. The third kappa shape index (κ3) is 3.00. The predicted molar refractivity (Wildman–Crippen MR) is 73.8 cm³/mol. The van der Waals surface area contributed by atoms with Gasteiger partial charge in [-0.25, -0.2) is 13.4 Å². The van der Waals surface area contributed by atoms with Gasteiger partial charge in [-0.3, -0.25) is 0 Å². The van der Waals surface area contributed by atoms with Crippen LogP contribution >= 0.6 is 22.9 Å². The van der Waals surface area contributed by atoms with E-state index < -0.39 is 10.0 Å². The molecule has 2 rings (SSSR count). The van der Waals surface area contributed by atoms with Gasteiger partial charge in [-0.1, -0.05) is 0 Å². The minimum atomic E-state index is -3.59. The first-order valence-corrected chi connectivity index (χ1v) is 8.35. The summed E-state index contributed by atoms with van der Waals surface area (Å²) >= 11 is 7.08. The van der Waals surface area contributed by atoms with Gasteiger partial charge >= 0.3 is 0 Å². The summed E-state index contributed by atoms with van der Waals surface area (Å²) in [4.78, 5) is 4.23. The summed E-state index contributed by atoms with van der Waals surface area (Å²) in [6.45, 7) is 1.84. The first kappa shape index (κ1) is 14.5. The van der Waals surface area contributed by atoms with Gasteiger partial charge in [0, 0.05) is 18.5 Å². The lowest BCUT2D eigenvalue weighted by Crippen LogP contribution is -2.26. The molecule has 2 aromatic rings. The number of halogens is 1. The van der Waals surface area contributed by atoms with Crippen molar-refractivity contribution in [3.05, 3.63) is 34.2 Å². The molecule has 104 valence electrons. The van der Waals surface area contributed by atoms with Crippen LogP contribution in [0.25, 0.3) is 0 Å². The largest absolute Gasteiger partial charge is 0.464 e. The van der Waals surface area contributed by atoms with Gasteiger partial charge in [0.15, 0.2) is 0 Å². The molecule has 5 nitrogen and oxygen atoms in total. The van der Waals surface area contributed by atoms with E-state index in [1.807, 2.05) is 5.38 Å². The summed E-state index contributed by atoms with van der Waals surface area (Å²) in [6, 6.07) is 1.47. The van der Waals surface area contributed by atoms with Crippen LogP contribution in [0.5, 0.6) is 0 Å². The number of rotatable bonds is 5. The Balaban J connectivity index is 2.28. The van der Waals surface area contributed by atoms with E-state index in [4.69, 9.17) is 16.0 Å². The van der Waals surface area contributed by atoms with E-state index in [1.165, 1.54) is 28.8 Å². The average Bonchev–Trinajstić information content (AvgIpc) is 2.98. The van der Waals surface area contributed by atoms with Crippen molar-refractivity contribution in [2.75, 3.05) is 7.05 Å². The Bertz CT molecular complexity index is 650. The Kier molecular flexibility index (Phi) is 4.29. The number of aromatic nitrogens is 1. The van der Waals surface area contributed by atoms with Gasteiger partial charge in [-0.15, -0.1) is 22.9 Å². The van der Waals surface area contributed by atoms with Crippen LogP contribution in [0.15, 0.2) is 26.3 Å². The van der Waals surface area contributed by atoms with E-state index in [9.17, 15) is 8.42 Å². The summed E-state index contributed by atoms with van der Waals surface area (Å²) in [7, 11) is -2.07. The Labute approximate surface area is 120 Å². The monoisotopic (exact) mass is 320 g/mol. The molecule has 0 aliphatic heterocycles. The van der Waals surface area contributed by atoms with Crippen molar-refractivity contribution in [3.8, 4) is 0 Å². The highest BCUT2D eigenvalue weighted by Crippen LogP contribution is 2.24. The van der Waals surface area contributed by atoms with Crippen molar-refractivity contribution in [1.29, 1.82) is 0 Å². The van der Waals surface area contributed by atoms with Gasteiger partial charge in [0.1, 0.15) is 16.4 Å². The quantitative estimate of drug-likeness (QED) is 0.794. The maximum Gasteiger partial charge on any atom is 0.246 e. The Hall–Kier alpha value is -0.890. The van der Waals surface area contributed by atoms with Crippen LogP contribution in [0.1, 0.15) is 17.2 Å². The van der Waals surface area contributed by atoms with Gasteiger partial charge in [0.25, 0.3) is 0 Å². The van der Waals surface area contributed by atoms with E-state index in [2.05, 4.69) is 4.98 Å². The molecular weight excluding hydrogens is 308 g/mol. The van der Waals surface area contributed by atoms with Crippen molar-refractivity contribution >= 4 is 33.0 Å². The molecule has 0 saturated heterocycles. The van der Waals surface area contributed by atoms with Crippen LogP contribution < -0.4 is 0 Å². The molecule has 19 heavy (non-hydrogen) atoms. The first-order chi connectivity index (χ1) is 8.95. The number of sulfonamides is 1. The van der Waals surface area contributed by atoms with Crippen LogP contribution in [0.3, 0.4) is 0 Å². The highest BCUT2D eigenvalue weighted by atomic mass is 35.5. The maximum absolute atomic E-state index is 12.4. The Morgan fingerprint density at radius 3 is 2.79 bits per heavy atom. The maximum atomic E-state index is 12.4. The minimum absolute atomic E-state index is 0.145. The standard InChI is InChI=1S/C11H13ClN2O3S2/c1-8-11(3-10(4-12)17-8)19(15,16)14(2)5-9-6-18-7-13-9/h3,6-7H,4-5H2,1-2H3. The van der Waals surface area contributed by atoms with Crippen molar-refractivity contribution < 1.29 is 12.8 Å². The summed E-state index contributed by atoms with van der Waals surface area (Å²) in [5.74, 6) is 0.937. The zero-order valence-corrected chi connectivity index (χ0v) is 12.8. The lowest BCUT2D eigenvalue weighted by atomic mass is 10.4. The second-order valence-electron chi connectivity index (χ2n) is 4.01. The van der Waals surface area contributed by atoms with Crippen LogP contribution in [0, 0.1) is 6.92 Å². The van der Waals surface area contributed by atoms with Gasteiger partial charge in [0.2, 0.25) is 10.0 Å². The van der Waals surface area contributed by atoms with E-state index >= 15 is 0 Å². The number of hydrogen-bond acceptors (Lipinski definition) is 5. The Morgan fingerprint density at radius 1 is 1.53 bits per heavy atom. The van der Waals surface area contributed by atoms with Crippen molar-refractivity contribution in [2.45, 2.75) is 24.2 Å². The molecule has 8 heteroatoms. The number of aryl methyl sites for hydroxylation is 1. The molecule has 2 aromatic heterocycles. The average molecular weight is 321 g/mol.